The van der Waals surface area contributed by atoms with Crippen LogP contribution < -0.4 is 0 Å². The summed E-state index contributed by atoms with van der Waals surface area (Å²) in [6.45, 7) is 2.97. The Kier molecular flexibility index (Phi) is 5.74. The maximum Gasteiger partial charge on any atom is 0.243 e. The molecule has 1 aliphatic rings. The first-order valence-corrected chi connectivity index (χ1v) is 10.1. The lowest BCUT2D eigenvalue weighted by Gasteiger charge is -2.34. The lowest BCUT2D eigenvalue weighted by atomic mass is 10.1. The fourth-order valence-corrected chi connectivity index (χ4v) is 4.48. The Bertz CT molecular complexity index is 802. The van der Waals surface area contributed by atoms with Crippen molar-refractivity contribution >= 4 is 21.6 Å². The van der Waals surface area contributed by atoms with Crippen LogP contribution in [0.2, 0.25) is 0 Å². The second-order valence-corrected chi connectivity index (χ2v) is 8.29. The maximum absolute atomic E-state index is 13.0. The molecule has 0 N–H and O–H groups in total. The molecule has 134 valence electrons. The van der Waals surface area contributed by atoms with Gasteiger partial charge in [0.25, 0.3) is 0 Å². The van der Waals surface area contributed by atoms with Crippen LogP contribution in [0.5, 0.6) is 0 Å². The molecule has 0 amide bonds. The van der Waals surface area contributed by atoms with Crippen molar-refractivity contribution in [3.63, 3.8) is 0 Å². The molecule has 1 saturated heterocycles. The summed E-state index contributed by atoms with van der Waals surface area (Å²) in [7, 11) is -3.56. The van der Waals surface area contributed by atoms with Crippen LogP contribution in [0.1, 0.15) is 11.1 Å². The molecular formula is C18H20ClFN2O2S. The van der Waals surface area contributed by atoms with Crippen molar-refractivity contribution in [2.24, 2.45) is 0 Å². The third-order valence-corrected chi connectivity index (χ3v) is 6.59. The van der Waals surface area contributed by atoms with Gasteiger partial charge in [-0.05, 0) is 35.4 Å². The Morgan fingerprint density at radius 3 is 2.00 bits per heavy atom. The number of hydrogen-bond acceptors (Lipinski definition) is 3. The van der Waals surface area contributed by atoms with E-state index in [0.29, 0.717) is 32.1 Å². The van der Waals surface area contributed by atoms with Crippen LogP contribution in [0.25, 0.3) is 0 Å². The average molecular weight is 383 g/mol. The molecule has 0 atom stereocenters. The van der Waals surface area contributed by atoms with E-state index in [1.54, 1.807) is 0 Å². The van der Waals surface area contributed by atoms with Gasteiger partial charge in [0.15, 0.2) is 0 Å². The zero-order valence-corrected chi connectivity index (χ0v) is 15.3. The molecule has 0 saturated carbocycles. The SMILES string of the molecule is O=S(=O)(c1ccc(F)cc1)N1CCN(Cc2ccc(CCl)cc2)CC1. The highest BCUT2D eigenvalue weighted by molar-refractivity contribution is 7.89. The Hall–Kier alpha value is -1.47. The molecule has 3 rings (SSSR count). The Morgan fingerprint density at radius 2 is 1.44 bits per heavy atom. The van der Waals surface area contributed by atoms with Crippen molar-refractivity contribution in [2.75, 3.05) is 26.2 Å². The second kappa shape index (κ2) is 7.83. The lowest BCUT2D eigenvalue weighted by molar-refractivity contribution is 0.181. The Morgan fingerprint density at radius 1 is 0.880 bits per heavy atom. The van der Waals surface area contributed by atoms with E-state index in [2.05, 4.69) is 17.0 Å². The quantitative estimate of drug-likeness (QED) is 0.746. The summed E-state index contributed by atoms with van der Waals surface area (Å²) >= 11 is 5.80. The zero-order valence-electron chi connectivity index (χ0n) is 13.7. The van der Waals surface area contributed by atoms with Gasteiger partial charge in [-0.25, -0.2) is 12.8 Å². The normalized spacial score (nSPS) is 16.9. The van der Waals surface area contributed by atoms with E-state index in [-0.39, 0.29) is 4.90 Å². The van der Waals surface area contributed by atoms with Crippen LogP contribution in [0.15, 0.2) is 53.4 Å². The molecule has 2 aromatic carbocycles. The number of piperazine rings is 1. The van der Waals surface area contributed by atoms with Crippen LogP contribution >= 0.6 is 11.6 Å². The highest BCUT2D eigenvalue weighted by atomic mass is 35.5. The monoisotopic (exact) mass is 382 g/mol. The largest absolute Gasteiger partial charge is 0.296 e. The molecule has 0 spiro atoms. The number of nitrogens with zero attached hydrogens (tertiary/aromatic N) is 2. The molecule has 25 heavy (non-hydrogen) atoms. The number of sulfonamides is 1. The van der Waals surface area contributed by atoms with Crippen molar-refractivity contribution in [1.29, 1.82) is 0 Å². The van der Waals surface area contributed by atoms with E-state index in [9.17, 15) is 12.8 Å². The van der Waals surface area contributed by atoms with Gasteiger partial charge >= 0.3 is 0 Å². The minimum atomic E-state index is -3.56. The van der Waals surface area contributed by atoms with Crippen molar-refractivity contribution in [2.45, 2.75) is 17.3 Å². The van der Waals surface area contributed by atoms with Crippen molar-refractivity contribution in [3.8, 4) is 0 Å². The second-order valence-electron chi connectivity index (χ2n) is 6.08. The van der Waals surface area contributed by atoms with E-state index in [1.165, 1.54) is 34.1 Å². The third kappa shape index (κ3) is 4.39. The Balaban J connectivity index is 1.60. The molecular weight excluding hydrogens is 363 g/mol. The topological polar surface area (TPSA) is 40.6 Å². The fraction of sp³-hybridized carbons (Fsp3) is 0.333. The van der Waals surface area contributed by atoms with E-state index < -0.39 is 15.8 Å². The van der Waals surface area contributed by atoms with E-state index >= 15 is 0 Å². The van der Waals surface area contributed by atoms with E-state index in [4.69, 9.17) is 11.6 Å². The molecule has 0 radical (unpaired) electrons. The van der Waals surface area contributed by atoms with Crippen LogP contribution in [-0.2, 0) is 22.4 Å². The van der Waals surface area contributed by atoms with Crippen LogP contribution in [-0.4, -0.2) is 43.8 Å². The average Bonchev–Trinajstić information content (AvgIpc) is 2.63. The minimum absolute atomic E-state index is 0.138. The highest BCUT2D eigenvalue weighted by Gasteiger charge is 2.28. The summed E-state index contributed by atoms with van der Waals surface area (Å²) < 4.78 is 39.7. The molecule has 2 aromatic rings. The maximum atomic E-state index is 13.0. The number of halogens is 2. The van der Waals surface area contributed by atoms with Gasteiger partial charge in [-0.1, -0.05) is 24.3 Å². The van der Waals surface area contributed by atoms with Gasteiger partial charge in [0.05, 0.1) is 4.90 Å². The van der Waals surface area contributed by atoms with Gasteiger partial charge in [-0.2, -0.15) is 4.31 Å². The van der Waals surface area contributed by atoms with Crippen molar-refractivity contribution < 1.29 is 12.8 Å². The standard InChI is InChI=1S/C18H20ClFN2O2S/c19-13-15-1-3-16(4-2-15)14-21-9-11-22(12-10-21)25(23,24)18-7-5-17(20)6-8-18/h1-8H,9-14H2. The molecule has 0 aromatic heterocycles. The number of rotatable bonds is 5. The number of benzene rings is 2. The highest BCUT2D eigenvalue weighted by Crippen LogP contribution is 2.19. The summed E-state index contributed by atoms with van der Waals surface area (Å²) in [4.78, 5) is 2.37. The fourth-order valence-electron chi connectivity index (χ4n) is 2.88. The van der Waals surface area contributed by atoms with E-state index in [1.807, 2.05) is 12.1 Å². The summed E-state index contributed by atoms with van der Waals surface area (Å²) in [6.07, 6.45) is 0. The van der Waals surface area contributed by atoms with Gasteiger partial charge in [-0.15, -0.1) is 11.6 Å². The molecule has 1 heterocycles. The number of hydrogen-bond donors (Lipinski definition) is 0. The summed E-state index contributed by atoms with van der Waals surface area (Å²) in [5.74, 6) is 0.0594. The number of alkyl halides is 1. The predicted octanol–water partition coefficient (Wildman–Crippen LogP) is 3.07. The molecule has 0 bridgehead atoms. The summed E-state index contributed by atoms with van der Waals surface area (Å²) in [6, 6.07) is 13.1. The molecule has 4 nitrogen and oxygen atoms in total. The first-order chi connectivity index (χ1) is 12.0. The van der Waals surface area contributed by atoms with Gasteiger partial charge in [0.1, 0.15) is 5.82 Å². The zero-order chi connectivity index (χ0) is 17.9. The molecule has 1 fully saturated rings. The van der Waals surface area contributed by atoms with Gasteiger partial charge in [-0.3, -0.25) is 4.90 Å². The molecule has 1 aliphatic heterocycles. The Labute approximate surface area is 152 Å². The summed E-state index contributed by atoms with van der Waals surface area (Å²) in [5.41, 5.74) is 2.27. The molecule has 7 heteroatoms. The first-order valence-electron chi connectivity index (χ1n) is 8.11. The van der Waals surface area contributed by atoms with Gasteiger partial charge in [0.2, 0.25) is 10.0 Å². The smallest absolute Gasteiger partial charge is 0.243 e. The predicted molar refractivity (Wildman–Crippen MR) is 96.4 cm³/mol. The van der Waals surface area contributed by atoms with Crippen LogP contribution in [0.3, 0.4) is 0 Å². The van der Waals surface area contributed by atoms with Gasteiger partial charge in [0, 0.05) is 38.6 Å². The minimum Gasteiger partial charge on any atom is -0.296 e. The van der Waals surface area contributed by atoms with Crippen LogP contribution in [0, 0.1) is 5.82 Å². The van der Waals surface area contributed by atoms with E-state index in [0.717, 1.165) is 12.1 Å². The first kappa shape index (κ1) is 18.3. The van der Waals surface area contributed by atoms with Crippen LogP contribution in [0.4, 0.5) is 4.39 Å². The van der Waals surface area contributed by atoms with Crippen molar-refractivity contribution in [1.82, 2.24) is 9.21 Å². The lowest BCUT2D eigenvalue weighted by Crippen LogP contribution is -2.48. The molecule has 0 unspecified atom stereocenters. The summed E-state index contributed by atoms with van der Waals surface area (Å²) in [5, 5.41) is 0. The van der Waals surface area contributed by atoms with Gasteiger partial charge < -0.3 is 0 Å². The van der Waals surface area contributed by atoms with Crippen molar-refractivity contribution in [3.05, 3.63) is 65.5 Å². The molecule has 0 aliphatic carbocycles. The third-order valence-electron chi connectivity index (χ3n) is 4.37.